The summed E-state index contributed by atoms with van der Waals surface area (Å²) in [4.78, 5) is 6.10. The lowest BCUT2D eigenvalue weighted by Crippen LogP contribution is -2.17. The second-order valence-corrected chi connectivity index (χ2v) is 8.00. The number of hydrogen-bond donors (Lipinski definition) is 1. The van der Waals surface area contributed by atoms with Gasteiger partial charge in [0.25, 0.3) is 0 Å². The summed E-state index contributed by atoms with van der Waals surface area (Å²) in [5.74, 6) is 0.701. The number of ether oxygens (including phenoxy) is 1. The molecule has 24 heavy (non-hydrogen) atoms. The van der Waals surface area contributed by atoms with Crippen molar-refractivity contribution < 1.29 is 4.74 Å². The molecule has 1 aliphatic rings. The molecule has 1 aliphatic carbocycles. The summed E-state index contributed by atoms with van der Waals surface area (Å²) in [5.41, 5.74) is 7.97. The van der Waals surface area contributed by atoms with Gasteiger partial charge in [0.1, 0.15) is 6.10 Å². The fourth-order valence-corrected chi connectivity index (χ4v) is 4.46. The Morgan fingerprint density at radius 2 is 1.96 bits per heavy atom. The Labute approximate surface area is 149 Å². The molecule has 0 spiro atoms. The van der Waals surface area contributed by atoms with Gasteiger partial charge in [-0.05, 0) is 37.8 Å². The van der Waals surface area contributed by atoms with E-state index < -0.39 is 0 Å². The molecule has 0 aliphatic heterocycles. The molecule has 2 aromatic rings. The average Bonchev–Trinajstić information content (AvgIpc) is 2.98. The number of aryl methyl sites for hydroxylation is 1. The first-order chi connectivity index (χ1) is 11.8. The molecule has 3 rings (SSSR count). The van der Waals surface area contributed by atoms with E-state index in [0.29, 0.717) is 12.5 Å². The van der Waals surface area contributed by atoms with Crippen molar-refractivity contribution in [3.8, 4) is 0 Å². The van der Waals surface area contributed by atoms with E-state index in [4.69, 9.17) is 15.5 Å². The lowest BCUT2D eigenvalue weighted by atomic mass is 9.90. The number of nitrogens with two attached hydrogens (primary N) is 1. The summed E-state index contributed by atoms with van der Waals surface area (Å²) in [5, 5.41) is 1.12. The summed E-state index contributed by atoms with van der Waals surface area (Å²) >= 11 is 1.75. The first kappa shape index (κ1) is 17.6. The molecule has 1 atom stereocenters. The van der Waals surface area contributed by atoms with Gasteiger partial charge in [0.2, 0.25) is 0 Å². The van der Waals surface area contributed by atoms with Crippen LogP contribution in [0.2, 0.25) is 0 Å². The van der Waals surface area contributed by atoms with E-state index in [1.54, 1.807) is 11.3 Å². The first-order valence-corrected chi connectivity index (χ1v) is 9.92. The predicted octanol–water partition coefficient (Wildman–Crippen LogP) is 4.64. The lowest BCUT2D eigenvalue weighted by molar-refractivity contribution is 0.0397. The molecule has 0 bridgehead atoms. The third kappa shape index (κ3) is 4.44. The van der Waals surface area contributed by atoms with Gasteiger partial charge in [-0.25, -0.2) is 4.98 Å². The van der Waals surface area contributed by atoms with Crippen molar-refractivity contribution in [1.29, 1.82) is 0 Å². The molecule has 2 N–H and O–H groups in total. The zero-order valence-corrected chi connectivity index (χ0v) is 15.4. The van der Waals surface area contributed by atoms with Gasteiger partial charge in [-0.1, -0.05) is 49.6 Å². The van der Waals surface area contributed by atoms with Crippen LogP contribution < -0.4 is 5.73 Å². The van der Waals surface area contributed by atoms with Crippen LogP contribution in [0.25, 0.3) is 0 Å². The highest BCUT2D eigenvalue weighted by molar-refractivity contribution is 7.11. The van der Waals surface area contributed by atoms with Crippen LogP contribution in [-0.2, 0) is 11.2 Å². The zero-order valence-electron chi connectivity index (χ0n) is 14.5. The molecule has 3 nitrogen and oxygen atoms in total. The van der Waals surface area contributed by atoms with Gasteiger partial charge < -0.3 is 10.5 Å². The average molecular weight is 345 g/mol. The molecule has 1 heterocycles. The number of nitrogens with zero attached hydrogens (tertiary/aromatic N) is 1. The largest absolute Gasteiger partial charge is 0.367 e. The third-order valence-electron chi connectivity index (χ3n) is 4.81. The standard InChI is InChI=1S/C20H28N2OS/c1-15-19(22-18(24-15)12-13-21)20(17-10-6-3-7-11-17)23-14-16-8-4-2-5-9-16/h3,6-7,10-11,16,20H,2,4-5,8-9,12-14,21H2,1H3/t20-/m0/s1. The molecule has 130 valence electrons. The minimum Gasteiger partial charge on any atom is -0.367 e. The van der Waals surface area contributed by atoms with E-state index in [0.717, 1.165) is 23.7 Å². The van der Waals surface area contributed by atoms with E-state index >= 15 is 0 Å². The van der Waals surface area contributed by atoms with Crippen LogP contribution in [0.3, 0.4) is 0 Å². The quantitative estimate of drug-likeness (QED) is 0.796. The van der Waals surface area contributed by atoms with Gasteiger partial charge in [0.15, 0.2) is 0 Å². The summed E-state index contributed by atoms with van der Waals surface area (Å²) in [6.45, 7) is 3.63. The van der Waals surface area contributed by atoms with Crippen LogP contribution in [0.5, 0.6) is 0 Å². The molecular formula is C20H28N2OS. The summed E-state index contributed by atoms with van der Waals surface area (Å²) in [6, 6.07) is 10.5. The minimum absolute atomic E-state index is 0.0594. The van der Waals surface area contributed by atoms with Gasteiger partial charge in [-0.15, -0.1) is 11.3 Å². The molecule has 1 saturated carbocycles. The van der Waals surface area contributed by atoms with Crippen molar-refractivity contribution >= 4 is 11.3 Å². The maximum atomic E-state index is 6.44. The molecule has 1 fully saturated rings. The smallest absolute Gasteiger partial charge is 0.126 e. The predicted molar refractivity (Wildman–Crippen MR) is 100 cm³/mol. The van der Waals surface area contributed by atoms with E-state index in [1.807, 2.05) is 0 Å². The maximum absolute atomic E-state index is 6.44. The van der Waals surface area contributed by atoms with E-state index in [2.05, 4.69) is 37.3 Å². The van der Waals surface area contributed by atoms with Crippen LogP contribution in [0.1, 0.15) is 59.4 Å². The van der Waals surface area contributed by atoms with Crippen molar-refractivity contribution in [2.45, 2.75) is 51.6 Å². The van der Waals surface area contributed by atoms with Gasteiger partial charge in [-0.3, -0.25) is 0 Å². The molecule has 1 aromatic carbocycles. The Morgan fingerprint density at radius 3 is 2.67 bits per heavy atom. The summed E-state index contributed by atoms with van der Waals surface area (Å²) in [7, 11) is 0. The van der Waals surface area contributed by atoms with Gasteiger partial charge in [-0.2, -0.15) is 0 Å². The molecule has 0 radical (unpaired) electrons. The van der Waals surface area contributed by atoms with E-state index in [9.17, 15) is 0 Å². The zero-order chi connectivity index (χ0) is 16.8. The summed E-state index contributed by atoms with van der Waals surface area (Å²) in [6.07, 6.45) is 7.46. The van der Waals surface area contributed by atoms with Crippen LogP contribution in [0, 0.1) is 12.8 Å². The Balaban J connectivity index is 1.79. The molecule has 4 heteroatoms. The Morgan fingerprint density at radius 1 is 1.21 bits per heavy atom. The normalized spacial score (nSPS) is 17.1. The second kappa shape index (κ2) is 8.75. The molecule has 0 unspecified atom stereocenters. The topological polar surface area (TPSA) is 48.1 Å². The van der Waals surface area contributed by atoms with Crippen LogP contribution in [-0.4, -0.2) is 18.1 Å². The number of benzene rings is 1. The molecule has 0 amide bonds. The number of aromatic nitrogens is 1. The van der Waals surface area contributed by atoms with Gasteiger partial charge in [0, 0.05) is 11.3 Å². The summed E-state index contributed by atoms with van der Waals surface area (Å²) < 4.78 is 6.44. The molecular weight excluding hydrogens is 316 g/mol. The van der Waals surface area contributed by atoms with Crippen molar-refractivity contribution in [2.75, 3.05) is 13.2 Å². The molecule has 1 aromatic heterocycles. The fourth-order valence-electron chi connectivity index (χ4n) is 3.49. The maximum Gasteiger partial charge on any atom is 0.126 e. The minimum atomic E-state index is -0.0594. The monoisotopic (exact) mass is 344 g/mol. The lowest BCUT2D eigenvalue weighted by Gasteiger charge is -2.25. The second-order valence-electron chi connectivity index (χ2n) is 6.72. The van der Waals surface area contributed by atoms with E-state index in [1.165, 1.54) is 42.5 Å². The van der Waals surface area contributed by atoms with Crippen molar-refractivity contribution in [3.05, 3.63) is 51.5 Å². The number of rotatable bonds is 7. The molecule has 0 saturated heterocycles. The van der Waals surface area contributed by atoms with Gasteiger partial charge in [0.05, 0.1) is 17.3 Å². The van der Waals surface area contributed by atoms with Gasteiger partial charge >= 0.3 is 0 Å². The van der Waals surface area contributed by atoms with Crippen LogP contribution in [0.15, 0.2) is 30.3 Å². The number of hydrogen-bond acceptors (Lipinski definition) is 4. The Hall–Kier alpha value is -1.23. The van der Waals surface area contributed by atoms with Crippen molar-refractivity contribution in [1.82, 2.24) is 4.98 Å². The fraction of sp³-hybridized carbons (Fsp3) is 0.550. The highest BCUT2D eigenvalue weighted by atomic mass is 32.1. The van der Waals surface area contributed by atoms with E-state index in [-0.39, 0.29) is 6.10 Å². The van der Waals surface area contributed by atoms with Crippen LogP contribution >= 0.6 is 11.3 Å². The third-order valence-corrected chi connectivity index (χ3v) is 5.86. The van der Waals surface area contributed by atoms with Crippen molar-refractivity contribution in [3.63, 3.8) is 0 Å². The highest BCUT2D eigenvalue weighted by Gasteiger charge is 2.23. The Bertz CT molecular complexity index is 620. The Kier molecular flexibility index (Phi) is 6.41. The highest BCUT2D eigenvalue weighted by Crippen LogP contribution is 2.33. The number of thiazole rings is 1. The van der Waals surface area contributed by atoms with Crippen LogP contribution in [0.4, 0.5) is 0 Å². The first-order valence-electron chi connectivity index (χ1n) is 9.10. The SMILES string of the molecule is Cc1sc(CCN)nc1[C@@H](OCC1CCCCC1)c1ccccc1. The van der Waals surface area contributed by atoms with Crippen molar-refractivity contribution in [2.24, 2.45) is 11.7 Å².